The SMILES string of the molecule is C=C(/C=C(/c1cc2n(n1)CCCC2Nc1ncccc1C(F)(F)F)C(C)C)C(F)(F)F.CC.SI. The van der Waals surface area contributed by atoms with Gasteiger partial charge in [0.1, 0.15) is 5.82 Å². The summed E-state index contributed by atoms with van der Waals surface area (Å²) >= 11 is 1.84. The highest BCUT2D eigenvalue weighted by molar-refractivity contribution is 14.2. The number of rotatable bonds is 5. The molecule has 3 heterocycles. The second-order valence-corrected chi connectivity index (χ2v) is 7.69. The molecule has 12 heteroatoms. The smallest absolute Gasteiger partial charge is 0.361 e. The summed E-state index contributed by atoms with van der Waals surface area (Å²) in [4.78, 5) is 3.84. The third-order valence-electron chi connectivity index (χ3n) is 5.07. The molecule has 1 atom stereocenters. The lowest BCUT2D eigenvalue weighted by atomic mass is 9.96. The van der Waals surface area contributed by atoms with Crippen molar-refractivity contribution in [2.45, 2.75) is 65.5 Å². The molecule has 0 spiro atoms. The van der Waals surface area contributed by atoms with E-state index in [1.54, 1.807) is 24.6 Å². The minimum atomic E-state index is -4.57. The van der Waals surface area contributed by atoms with Crippen LogP contribution in [0.2, 0.25) is 0 Å². The maximum Gasteiger partial charge on any atom is 0.419 e. The van der Waals surface area contributed by atoms with Crippen molar-refractivity contribution in [3.8, 4) is 0 Å². The van der Waals surface area contributed by atoms with Gasteiger partial charge in [0.05, 0.1) is 23.0 Å². The number of allylic oxidation sites excluding steroid dienone is 3. The van der Waals surface area contributed by atoms with Crippen LogP contribution in [-0.2, 0) is 12.7 Å². The molecule has 1 N–H and O–H groups in total. The summed E-state index contributed by atoms with van der Waals surface area (Å²) in [6, 6.07) is 3.28. The molecule has 4 nitrogen and oxygen atoms in total. The van der Waals surface area contributed by atoms with Crippen LogP contribution in [0.4, 0.5) is 32.2 Å². The van der Waals surface area contributed by atoms with E-state index in [-0.39, 0.29) is 11.7 Å². The van der Waals surface area contributed by atoms with E-state index in [1.807, 2.05) is 35.1 Å². The van der Waals surface area contributed by atoms with Crippen LogP contribution in [0.15, 0.2) is 42.6 Å². The van der Waals surface area contributed by atoms with Gasteiger partial charge in [-0.25, -0.2) is 4.98 Å². The highest BCUT2D eigenvalue weighted by Crippen LogP contribution is 2.38. The molecule has 0 amide bonds. The largest absolute Gasteiger partial charge is 0.419 e. The summed E-state index contributed by atoms with van der Waals surface area (Å²) in [7, 11) is 3.50. The van der Waals surface area contributed by atoms with Crippen molar-refractivity contribution in [1.29, 1.82) is 0 Å². The summed E-state index contributed by atoms with van der Waals surface area (Å²) in [5.41, 5.74) is -0.557. The van der Waals surface area contributed by atoms with Gasteiger partial charge in [-0.1, -0.05) is 34.3 Å². The maximum atomic E-state index is 13.3. The van der Waals surface area contributed by atoms with Gasteiger partial charge in [0.25, 0.3) is 0 Å². The van der Waals surface area contributed by atoms with Crippen molar-refractivity contribution in [3.05, 3.63) is 59.6 Å². The number of pyridine rings is 1. The van der Waals surface area contributed by atoms with E-state index in [0.717, 1.165) is 12.1 Å². The molecule has 2 aromatic heterocycles. The Morgan fingerprint density at radius 2 is 1.86 bits per heavy atom. The normalized spacial score (nSPS) is 15.9. The monoisotopic (exact) mass is 634 g/mol. The molecule has 1 aliphatic rings. The molecule has 0 fully saturated rings. The molecule has 0 bridgehead atoms. The Hall–Kier alpha value is -1.70. The molecule has 196 valence electrons. The lowest BCUT2D eigenvalue weighted by Gasteiger charge is -2.26. The van der Waals surface area contributed by atoms with Gasteiger partial charge in [0.2, 0.25) is 0 Å². The van der Waals surface area contributed by atoms with E-state index in [9.17, 15) is 26.3 Å². The Morgan fingerprint density at radius 1 is 1.23 bits per heavy atom. The number of aromatic nitrogens is 3. The molecular weight excluding hydrogens is 605 g/mol. The highest BCUT2D eigenvalue weighted by atomic mass is 127. The first kappa shape index (κ1) is 31.3. The van der Waals surface area contributed by atoms with Crippen LogP contribution in [-0.4, -0.2) is 20.9 Å². The number of anilines is 1. The van der Waals surface area contributed by atoms with Crippen molar-refractivity contribution in [3.63, 3.8) is 0 Å². The van der Waals surface area contributed by atoms with Crippen molar-refractivity contribution < 1.29 is 26.3 Å². The molecule has 35 heavy (non-hydrogen) atoms. The predicted molar refractivity (Wildman–Crippen MR) is 139 cm³/mol. The Labute approximate surface area is 219 Å². The zero-order chi connectivity index (χ0) is 27.0. The lowest BCUT2D eigenvalue weighted by molar-refractivity contribution is -0.137. The minimum absolute atomic E-state index is 0.268. The van der Waals surface area contributed by atoms with Crippen LogP contribution in [0.1, 0.15) is 63.5 Å². The molecular formula is C23H29F6IN4S. The van der Waals surface area contributed by atoms with Crippen LogP contribution >= 0.6 is 31.0 Å². The predicted octanol–water partition coefficient (Wildman–Crippen LogP) is 8.69. The second-order valence-electron chi connectivity index (χ2n) is 7.69. The van der Waals surface area contributed by atoms with E-state index in [0.29, 0.717) is 36.3 Å². The first-order chi connectivity index (χ1) is 16.4. The first-order valence-corrected chi connectivity index (χ1v) is 14.1. The molecule has 2 aromatic rings. The fraction of sp³-hybridized carbons (Fsp3) is 0.478. The highest BCUT2D eigenvalue weighted by Gasteiger charge is 2.36. The standard InChI is InChI=1S/C21H22F6N4.C2H6.HIS/c1-12(2)14(10-13(3)20(22,23)24)17-11-18-16(7-5-9-31(18)30-17)29-19-15(21(25,26)27)6-4-8-28-19;2*1-2/h4,6,8,10-12,16H,3,5,7,9H2,1-2H3,(H,28,29);1-2H3;2H/b14-10+;;. The van der Waals surface area contributed by atoms with Gasteiger partial charge < -0.3 is 5.32 Å². The van der Waals surface area contributed by atoms with Gasteiger partial charge in [-0.3, -0.25) is 4.68 Å². The number of nitrogens with zero attached hydrogens (tertiary/aromatic N) is 3. The Kier molecular flexibility index (Phi) is 12.1. The molecule has 0 saturated carbocycles. The fourth-order valence-corrected chi connectivity index (χ4v) is 3.49. The van der Waals surface area contributed by atoms with E-state index in [2.05, 4.69) is 31.8 Å². The van der Waals surface area contributed by atoms with E-state index in [4.69, 9.17) is 0 Å². The maximum absolute atomic E-state index is 13.3. The van der Waals surface area contributed by atoms with Crippen molar-refractivity contribution in [2.75, 3.05) is 5.32 Å². The summed E-state index contributed by atoms with van der Waals surface area (Å²) in [5.74, 6) is -0.559. The van der Waals surface area contributed by atoms with Crippen molar-refractivity contribution in [1.82, 2.24) is 14.8 Å². The van der Waals surface area contributed by atoms with Gasteiger partial charge in [0, 0.05) is 18.3 Å². The Balaban J connectivity index is 0.00000145. The molecule has 0 radical (unpaired) electrons. The number of aryl methyl sites for hydroxylation is 1. The number of nitrogens with one attached hydrogen (secondary N) is 1. The van der Waals surface area contributed by atoms with Gasteiger partial charge in [-0.15, -0.1) is 9.80 Å². The zero-order valence-electron chi connectivity index (χ0n) is 19.8. The van der Waals surface area contributed by atoms with Crippen LogP contribution < -0.4 is 5.32 Å². The van der Waals surface area contributed by atoms with Crippen LogP contribution in [0.5, 0.6) is 0 Å². The quantitative estimate of drug-likeness (QED) is 0.150. The number of hydrogen-bond acceptors (Lipinski definition) is 4. The second kappa shape index (κ2) is 13.6. The lowest BCUT2D eigenvalue weighted by Crippen LogP contribution is -2.23. The van der Waals surface area contributed by atoms with Crippen LogP contribution in [0.25, 0.3) is 5.57 Å². The summed E-state index contributed by atoms with van der Waals surface area (Å²) in [6.45, 7) is 11.1. The van der Waals surface area contributed by atoms with E-state index in [1.165, 1.54) is 12.3 Å². The summed E-state index contributed by atoms with van der Waals surface area (Å²) in [5, 5.41) is 7.28. The average molecular weight is 634 g/mol. The number of halogens is 7. The number of hydrogen-bond donors (Lipinski definition) is 2. The molecule has 0 aromatic carbocycles. The third kappa shape index (κ3) is 8.43. The molecule has 0 saturated heterocycles. The third-order valence-corrected chi connectivity index (χ3v) is 5.07. The summed E-state index contributed by atoms with van der Waals surface area (Å²) in [6.07, 6.45) is -5.70. The number of fused-ring (bicyclic) bond motifs is 1. The van der Waals surface area contributed by atoms with Gasteiger partial charge in [-0.05, 0) is 69.8 Å². The van der Waals surface area contributed by atoms with Gasteiger partial charge in [-0.2, -0.15) is 31.4 Å². The minimum Gasteiger partial charge on any atom is -0.361 e. The molecule has 1 unspecified atom stereocenters. The Morgan fingerprint density at radius 3 is 2.40 bits per heavy atom. The Bertz CT molecular complexity index is 999. The average Bonchev–Trinajstić information content (AvgIpc) is 3.23. The molecule has 1 aliphatic heterocycles. The van der Waals surface area contributed by atoms with Crippen LogP contribution in [0, 0.1) is 5.92 Å². The van der Waals surface area contributed by atoms with Gasteiger partial charge >= 0.3 is 12.4 Å². The van der Waals surface area contributed by atoms with Crippen molar-refractivity contribution in [2.24, 2.45) is 5.92 Å². The first-order valence-electron chi connectivity index (χ1n) is 10.9. The van der Waals surface area contributed by atoms with E-state index < -0.39 is 29.5 Å². The zero-order valence-corrected chi connectivity index (χ0v) is 22.9. The van der Waals surface area contributed by atoms with Crippen molar-refractivity contribution >= 4 is 42.4 Å². The van der Waals surface area contributed by atoms with Gasteiger partial charge in [0.15, 0.2) is 0 Å². The topological polar surface area (TPSA) is 42.7 Å². The molecule has 3 rings (SSSR count). The number of alkyl halides is 6. The fourth-order valence-electron chi connectivity index (χ4n) is 3.49. The summed E-state index contributed by atoms with van der Waals surface area (Å²) < 4.78 is 80.5. The van der Waals surface area contributed by atoms with Crippen LogP contribution in [0.3, 0.4) is 0 Å². The molecule has 0 aliphatic carbocycles. The van der Waals surface area contributed by atoms with E-state index >= 15 is 0 Å². The number of thiol groups is 1.